The Morgan fingerprint density at radius 2 is 2.21 bits per heavy atom. The maximum Gasteiger partial charge on any atom is 0.410 e. The van der Waals surface area contributed by atoms with Crippen molar-refractivity contribution in [2.75, 3.05) is 18.8 Å². The summed E-state index contributed by atoms with van der Waals surface area (Å²) in [7, 11) is -3.60. The minimum Gasteiger partial charge on any atom is -0.444 e. The van der Waals surface area contributed by atoms with Gasteiger partial charge in [-0.3, -0.25) is 0 Å². The molecule has 1 aromatic heterocycles. The normalized spacial score (nSPS) is 18.2. The first kappa shape index (κ1) is 18.2. The van der Waals surface area contributed by atoms with E-state index in [1.807, 2.05) is 6.07 Å². The number of hydrogen-bond donors (Lipinski definition) is 0. The van der Waals surface area contributed by atoms with Gasteiger partial charge >= 0.3 is 6.09 Å². The number of pyridine rings is 1. The van der Waals surface area contributed by atoms with Crippen LogP contribution in [0.4, 0.5) is 4.79 Å². The molecule has 0 saturated carbocycles. The minimum atomic E-state index is -3.60. The van der Waals surface area contributed by atoms with Crippen LogP contribution in [-0.2, 0) is 14.6 Å². The van der Waals surface area contributed by atoms with E-state index in [2.05, 4.69) is 4.98 Å². The number of carbonyl (C=O) groups is 1. The number of carbonyl (C=O) groups excluding carboxylic acids is 1. The summed E-state index contributed by atoms with van der Waals surface area (Å²) in [5.74, 6) is -0.274. The predicted octanol–water partition coefficient (Wildman–Crippen LogP) is 1.98. The lowest BCUT2D eigenvalue weighted by molar-refractivity contribution is 0.0289. The van der Waals surface area contributed by atoms with E-state index >= 15 is 0 Å². The third-order valence-corrected chi connectivity index (χ3v) is 5.35. The van der Waals surface area contributed by atoms with Crippen molar-refractivity contribution in [3.05, 3.63) is 23.9 Å². The third-order valence-electron chi connectivity index (χ3n) is 3.58. The zero-order chi connectivity index (χ0) is 18.0. The highest BCUT2D eigenvalue weighted by Gasteiger charge is 2.33. The summed E-state index contributed by atoms with van der Waals surface area (Å²) in [4.78, 5) is 17.4. The van der Waals surface area contributed by atoms with Gasteiger partial charge in [0.15, 0.2) is 14.9 Å². The van der Waals surface area contributed by atoms with Crippen molar-refractivity contribution in [3.63, 3.8) is 0 Å². The van der Waals surface area contributed by atoms with E-state index in [9.17, 15) is 13.2 Å². The molecule has 1 aromatic rings. The van der Waals surface area contributed by atoms with Gasteiger partial charge in [-0.1, -0.05) is 0 Å². The molecule has 0 radical (unpaired) electrons. The van der Waals surface area contributed by atoms with Crippen molar-refractivity contribution in [1.29, 1.82) is 5.26 Å². The van der Waals surface area contributed by atoms with Crippen LogP contribution >= 0.6 is 0 Å². The molecule has 7 nitrogen and oxygen atoms in total. The SMILES string of the molecule is CC(C)(C)OC(=O)N1CC[C@H](CS(=O)(=O)c2cc(C#N)ccn2)C1. The molecule has 8 heteroatoms. The Kier molecular flexibility index (Phi) is 5.13. The van der Waals surface area contributed by atoms with Crippen LogP contribution in [0.5, 0.6) is 0 Å². The average Bonchev–Trinajstić information content (AvgIpc) is 2.93. The molecule has 0 spiro atoms. The first-order valence-corrected chi connectivity index (χ1v) is 9.33. The van der Waals surface area contributed by atoms with E-state index in [1.165, 1.54) is 23.2 Å². The molecule has 2 heterocycles. The zero-order valence-electron chi connectivity index (χ0n) is 14.0. The molecule has 0 unspecified atom stereocenters. The van der Waals surface area contributed by atoms with Gasteiger partial charge in [0.25, 0.3) is 0 Å². The lowest BCUT2D eigenvalue weighted by Gasteiger charge is -2.24. The topological polar surface area (TPSA) is 100 Å². The van der Waals surface area contributed by atoms with Crippen LogP contribution in [-0.4, -0.2) is 48.8 Å². The van der Waals surface area contributed by atoms with Crippen LogP contribution in [0.2, 0.25) is 0 Å². The summed E-state index contributed by atoms with van der Waals surface area (Å²) in [5.41, 5.74) is -0.325. The quantitative estimate of drug-likeness (QED) is 0.825. The van der Waals surface area contributed by atoms with Gasteiger partial charge in [-0.05, 0) is 45.2 Å². The molecular formula is C16H21N3O4S. The molecule has 130 valence electrons. The maximum absolute atomic E-state index is 12.5. The van der Waals surface area contributed by atoms with Crippen molar-refractivity contribution in [3.8, 4) is 6.07 Å². The van der Waals surface area contributed by atoms with Gasteiger partial charge in [0, 0.05) is 19.3 Å². The van der Waals surface area contributed by atoms with Gasteiger partial charge in [0.1, 0.15) is 5.60 Å². The zero-order valence-corrected chi connectivity index (χ0v) is 14.8. The highest BCUT2D eigenvalue weighted by molar-refractivity contribution is 7.91. The van der Waals surface area contributed by atoms with E-state index < -0.39 is 21.5 Å². The lowest BCUT2D eigenvalue weighted by Crippen LogP contribution is -2.35. The molecule has 0 aliphatic carbocycles. The molecule has 0 aromatic carbocycles. The van der Waals surface area contributed by atoms with E-state index in [1.54, 1.807) is 20.8 Å². The summed E-state index contributed by atoms with van der Waals surface area (Å²) in [6.45, 7) is 6.18. The fraction of sp³-hybridized carbons (Fsp3) is 0.562. The van der Waals surface area contributed by atoms with E-state index in [0.29, 0.717) is 19.5 Å². The van der Waals surface area contributed by atoms with Crippen molar-refractivity contribution < 1.29 is 17.9 Å². The van der Waals surface area contributed by atoms with Gasteiger partial charge in [-0.25, -0.2) is 18.2 Å². The first-order valence-electron chi connectivity index (χ1n) is 7.67. The van der Waals surface area contributed by atoms with Crippen molar-refractivity contribution >= 4 is 15.9 Å². The summed E-state index contributed by atoms with van der Waals surface area (Å²) in [6, 6.07) is 4.63. The smallest absolute Gasteiger partial charge is 0.410 e. The van der Waals surface area contributed by atoms with Crippen molar-refractivity contribution in [2.24, 2.45) is 5.92 Å². The number of ether oxygens (including phenoxy) is 1. The molecule has 0 bridgehead atoms. The number of likely N-dealkylation sites (tertiary alicyclic amines) is 1. The molecular weight excluding hydrogens is 330 g/mol. The van der Waals surface area contributed by atoms with Gasteiger partial charge in [-0.15, -0.1) is 0 Å². The van der Waals surface area contributed by atoms with E-state index in [4.69, 9.17) is 10.00 Å². The Morgan fingerprint density at radius 1 is 1.50 bits per heavy atom. The standard InChI is InChI=1S/C16H21N3O4S/c1-16(2,3)23-15(20)19-7-5-13(10-19)11-24(21,22)14-8-12(9-17)4-6-18-14/h4,6,8,13H,5,7,10-11H2,1-3H3/t13-/m0/s1. The minimum absolute atomic E-state index is 0.0998. The second kappa shape index (κ2) is 6.77. The first-order chi connectivity index (χ1) is 11.1. The monoisotopic (exact) mass is 351 g/mol. The summed E-state index contributed by atoms with van der Waals surface area (Å²) >= 11 is 0. The largest absolute Gasteiger partial charge is 0.444 e. The highest BCUT2D eigenvalue weighted by atomic mass is 32.2. The number of nitriles is 1. The van der Waals surface area contributed by atoms with Crippen LogP contribution in [0.1, 0.15) is 32.8 Å². The number of rotatable bonds is 3. The van der Waals surface area contributed by atoms with Crippen molar-refractivity contribution in [2.45, 2.75) is 37.8 Å². The van der Waals surface area contributed by atoms with Gasteiger partial charge in [-0.2, -0.15) is 5.26 Å². The lowest BCUT2D eigenvalue weighted by atomic mass is 10.2. The molecule has 1 fully saturated rings. The Hall–Kier alpha value is -2.14. The molecule has 1 atom stereocenters. The van der Waals surface area contributed by atoms with Gasteiger partial charge in [0.2, 0.25) is 0 Å². The molecule has 24 heavy (non-hydrogen) atoms. The summed E-state index contributed by atoms with van der Waals surface area (Å²) in [6.07, 6.45) is 1.48. The molecule has 2 rings (SSSR count). The fourth-order valence-corrected chi connectivity index (χ4v) is 4.10. The molecule has 1 aliphatic heterocycles. The number of sulfone groups is 1. The molecule has 1 saturated heterocycles. The second-order valence-corrected chi connectivity index (χ2v) is 8.84. The Labute approximate surface area is 142 Å². The van der Waals surface area contributed by atoms with Gasteiger partial charge < -0.3 is 9.64 Å². The van der Waals surface area contributed by atoms with Crippen LogP contribution in [0.25, 0.3) is 0 Å². The van der Waals surface area contributed by atoms with Crippen LogP contribution in [0.3, 0.4) is 0 Å². The predicted molar refractivity (Wildman–Crippen MR) is 86.9 cm³/mol. The van der Waals surface area contributed by atoms with Crippen LogP contribution in [0, 0.1) is 17.2 Å². The number of aromatic nitrogens is 1. The molecule has 1 amide bonds. The number of hydrogen-bond acceptors (Lipinski definition) is 6. The van der Waals surface area contributed by atoms with E-state index in [0.717, 1.165) is 0 Å². The number of nitrogens with zero attached hydrogens (tertiary/aromatic N) is 3. The van der Waals surface area contributed by atoms with Crippen LogP contribution < -0.4 is 0 Å². The Morgan fingerprint density at radius 3 is 2.83 bits per heavy atom. The highest BCUT2D eigenvalue weighted by Crippen LogP contribution is 2.23. The molecule has 0 N–H and O–H groups in total. The third kappa shape index (κ3) is 4.68. The molecule has 1 aliphatic rings. The fourth-order valence-electron chi connectivity index (χ4n) is 2.51. The Balaban J connectivity index is 2.02. The second-order valence-electron chi connectivity index (χ2n) is 6.86. The average molecular weight is 351 g/mol. The van der Waals surface area contributed by atoms with Gasteiger partial charge in [0.05, 0.1) is 17.4 Å². The van der Waals surface area contributed by atoms with Crippen molar-refractivity contribution in [1.82, 2.24) is 9.88 Å². The van der Waals surface area contributed by atoms with Crippen LogP contribution in [0.15, 0.2) is 23.4 Å². The summed E-state index contributed by atoms with van der Waals surface area (Å²) < 4.78 is 30.2. The maximum atomic E-state index is 12.5. The van der Waals surface area contributed by atoms with E-state index in [-0.39, 0.29) is 22.3 Å². The summed E-state index contributed by atoms with van der Waals surface area (Å²) in [5, 5.41) is 8.77. The number of amides is 1. The Bertz CT molecular complexity index is 762.